The number of hydrogen-bond acceptors (Lipinski definition) is 1. The van der Waals surface area contributed by atoms with E-state index in [1.54, 1.807) is 12.1 Å². The van der Waals surface area contributed by atoms with Gasteiger partial charge in [-0.1, -0.05) is 85.8 Å². The molecule has 0 radical (unpaired) electrons. The molecule has 0 aliphatic heterocycles. The monoisotopic (exact) mass is 364 g/mol. The summed E-state index contributed by atoms with van der Waals surface area (Å²) in [5, 5.41) is 0. The van der Waals surface area contributed by atoms with Crippen molar-refractivity contribution in [1.29, 1.82) is 0 Å². The Bertz CT molecular complexity index is 1100. The molecule has 4 rings (SSSR count). The van der Waals surface area contributed by atoms with E-state index < -0.39 is 0 Å². The van der Waals surface area contributed by atoms with Gasteiger partial charge in [-0.05, 0) is 40.2 Å². The largest absolute Gasteiger partial charge is 0.363 e. The van der Waals surface area contributed by atoms with Crippen molar-refractivity contribution in [2.24, 2.45) is 0 Å². The van der Waals surface area contributed by atoms with Crippen LogP contribution < -0.4 is 0 Å². The molecule has 0 saturated carbocycles. The van der Waals surface area contributed by atoms with E-state index in [-0.39, 0.29) is 11.5 Å². The second kappa shape index (κ2) is 7.59. The van der Waals surface area contributed by atoms with Crippen LogP contribution in [-0.4, -0.2) is 16.3 Å². The molecule has 1 aliphatic carbocycles. The van der Waals surface area contributed by atoms with Crippen molar-refractivity contribution in [3.8, 4) is 0 Å². The molecule has 0 amide bonds. The fourth-order valence-corrected chi connectivity index (χ4v) is 3.72. The summed E-state index contributed by atoms with van der Waals surface area (Å²) in [5.41, 5.74) is 15.2. The van der Waals surface area contributed by atoms with Crippen LogP contribution in [0.15, 0.2) is 84.9 Å². The molecule has 0 heterocycles. The number of nitrogens with zero attached hydrogens (tertiary/aromatic N) is 2. The minimum Gasteiger partial charge on any atom is -0.361 e. The third-order valence-corrected chi connectivity index (χ3v) is 5.26. The molecule has 1 aliphatic rings. The van der Waals surface area contributed by atoms with Gasteiger partial charge in [0.2, 0.25) is 0 Å². The quantitative estimate of drug-likeness (QED) is 0.456. The molecule has 28 heavy (non-hydrogen) atoms. The van der Waals surface area contributed by atoms with E-state index in [1.165, 1.54) is 11.1 Å². The number of carbonyl (C=O) groups is 1. The van der Waals surface area contributed by atoms with E-state index in [0.29, 0.717) is 11.5 Å². The molecule has 3 aromatic rings. The highest BCUT2D eigenvalue weighted by atomic mass is 16.1. The first kappa shape index (κ1) is 17.8. The molecular weight excluding hydrogens is 344 g/mol. The Labute approximate surface area is 164 Å². The zero-order valence-corrected chi connectivity index (χ0v) is 15.7. The topological polar surface area (TPSA) is 53.5 Å². The third kappa shape index (κ3) is 3.36. The van der Waals surface area contributed by atoms with Crippen molar-refractivity contribution < 1.29 is 9.58 Å². The zero-order valence-electron chi connectivity index (χ0n) is 15.7. The molecular formula is C25H20N2O. The van der Waals surface area contributed by atoms with Gasteiger partial charge in [-0.25, -0.2) is 0 Å². The van der Waals surface area contributed by atoms with Crippen LogP contribution in [-0.2, 0) is 6.42 Å². The molecule has 1 atom stereocenters. The summed E-state index contributed by atoms with van der Waals surface area (Å²) in [7, 11) is 0. The summed E-state index contributed by atoms with van der Waals surface area (Å²) in [6.45, 7) is 2.23. The average molecular weight is 364 g/mol. The maximum absolute atomic E-state index is 12.4. The first-order valence-electron chi connectivity index (χ1n) is 9.39. The zero-order chi connectivity index (χ0) is 19.5. The van der Waals surface area contributed by atoms with E-state index in [9.17, 15) is 10.3 Å². The Morgan fingerprint density at radius 3 is 2.18 bits per heavy atom. The van der Waals surface area contributed by atoms with Gasteiger partial charge in [0.1, 0.15) is 0 Å². The van der Waals surface area contributed by atoms with Crippen molar-refractivity contribution >= 4 is 17.1 Å². The van der Waals surface area contributed by atoms with Crippen molar-refractivity contribution in [3.63, 3.8) is 0 Å². The number of ketones is 1. The standard InChI is InChI=1S/C25H20N2O/c1-17(19-7-3-2-4-8-19)15-18-11-13-20(14-12-18)23-16-24(27-26)25(28)22-10-6-5-9-21(22)23/h2-14,16-17H,15H2,1H3. The van der Waals surface area contributed by atoms with E-state index in [4.69, 9.17) is 0 Å². The molecule has 0 N–H and O–H groups in total. The Kier molecular flexibility index (Phi) is 4.84. The number of benzene rings is 3. The molecule has 3 heteroatoms. The molecule has 3 aromatic carbocycles. The van der Waals surface area contributed by atoms with Gasteiger partial charge in [-0.2, -0.15) is 4.79 Å². The van der Waals surface area contributed by atoms with Crippen LogP contribution in [0.2, 0.25) is 0 Å². The molecule has 136 valence electrons. The molecule has 3 nitrogen and oxygen atoms in total. The van der Waals surface area contributed by atoms with E-state index in [0.717, 1.165) is 23.1 Å². The molecule has 0 aromatic heterocycles. The fourth-order valence-electron chi connectivity index (χ4n) is 3.72. The van der Waals surface area contributed by atoms with E-state index in [1.807, 2.05) is 24.3 Å². The average Bonchev–Trinajstić information content (AvgIpc) is 2.75. The van der Waals surface area contributed by atoms with Gasteiger partial charge in [-0.15, -0.1) is 0 Å². The van der Waals surface area contributed by atoms with Gasteiger partial charge in [0, 0.05) is 11.6 Å². The van der Waals surface area contributed by atoms with Gasteiger partial charge in [0.15, 0.2) is 0 Å². The number of carbonyl (C=O) groups excluding carboxylic acids is 1. The summed E-state index contributed by atoms with van der Waals surface area (Å²) in [5.74, 6) is 0.183. The van der Waals surface area contributed by atoms with Gasteiger partial charge >= 0.3 is 5.71 Å². The third-order valence-electron chi connectivity index (χ3n) is 5.26. The Hall–Kier alpha value is -3.55. The lowest BCUT2D eigenvalue weighted by atomic mass is 9.85. The number of allylic oxidation sites excluding steroid dienone is 1. The van der Waals surface area contributed by atoms with Crippen LogP contribution in [0.4, 0.5) is 0 Å². The van der Waals surface area contributed by atoms with Crippen molar-refractivity contribution in [1.82, 2.24) is 0 Å². The Balaban J connectivity index is 1.64. The predicted octanol–water partition coefficient (Wildman–Crippen LogP) is 5.33. The maximum Gasteiger partial charge on any atom is 0.363 e. The van der Waals surface area contributed by atoms with Crippen LogP contribution in [0, 0.1) is 0 Å². The molecule has 0 fully saturated rings. The number of hydrogen-bond donors (Lipinski definition) is 0. The Morgan fingerprint density at radius 2 is 1.50 bits per heavy atom. The van der Waals surface area contributed by atoms with Crippen molar-refractivity contribution in [3.05, 3.63) is 118 Å². The van der Waals surface area contributed by atoms with Gasteiger partial charge in [-0.3, -0.25) is 4.79 Å². The molecule has 0 saturated heterocycles. The van der Waals surface area contributed by atoms with Gasteiger partial charge in [0.05, 0.1) is 0 Å². The van der Waals surface area contributed by atoms with Crippen LogP contribution in [0.25, 0.3) is 11.1 Å². The normalized spacial score (nSPS) is 14.1. The number of fused-ring (bicyclic) bond motifs is 1. The summed E-state index contributed by atoms with van der Waals surface area (Å²) >= 11 is 0. The highest BCUT2D eigenvalue weighted by molar-refractivity contribution is 6.51. The minimum absolute atomic E-state index is 0.0653. The van der Waals surface area contributed by atoms with Crippen molar-refractivity contribution in [2.45, 2.75) is 19.3 Å². The second-order valence-corrected chi connectivity index (χ2v) is 7.13. The maximum atomic E-state index is 12.4. The van der Waals surface area contributed by atoms with Crippen molar-refractivity contribution in [2.75, 3.05) is 0 Å². The first-order chi connectivity index (χ1) is 13.7. The highest BCUT2D eigenvalue weighted by Crippen LogP contribution is 2.31. The lowest BCUT2D eigenvalue weighted by molar-refractivity contribution is -0.00438. The molecule has 0 bridgehead atoms. The second-order valence-electron chi connectivity index (χ2n) is 7.13. The van der Waals surface area contributed by atoms with Crippen LogP contribution in [0.5, 0.6) is 0 Å². The van der Waals surface area contributed by atoms with Crippen LogP contribution in [0.3, 0.4) is 0 Å². The van der Waals surface area contributed by atoms with Gasteiger partial charge in [0.25, 0.3) is 5.78 Å². The van der Waals surface area contributed by atoms with Crippen LogP contribution in [0.1, 0.15) is 45.5 Å². The first-order valence-corrected chi connectivity index (χ1v) is 9.39. The van der Waals surface area contributed by atoms with E-state index >= 15 is 0 Å². The lowest BCUT2D eigenvalue weighted by Gasteiger charge is -2.16. The summed E-state index contributed by atoms with van der Waals surface area (Å²) in [4.78, 5) is 15.6. The number of rotatable bonds is 4. The molecule has 1 unspecified atom stereocenters. The fraction of sp³-hybridized carbons (Fsp3) is 0.120. The molecule has 0 spiro atoms. The number of Topliss-reactive ketones (excluding diaryl/α,β-unsaturated/α-hetero) is 1. The highest BCUT2D eigenvalue weighted by Gasteiger charge is 2.29. The smallest absolute Gasteiger partial charge is 0.361 e. The van der Waals surface area contributed by atoms with E-state index in [2.05, 4.69) is 60.2 Å². The predicted molar refractivity (Wildman–Crippen MR) is 111 cm³/mol. The Morgan fingerprint density at radius 1 is 0.857 bits per heavy atom. The SMILES string of the molecule is CC(Cc1ccc(C2=CC(=[N+]=[N-])C(=O)c3ccccc32)cc1)c1ccccc1. The minimum atomic E-state index is -0.254. The summed E-state index contributed by atoms with van der Waals surface area (Å²) in [6.07, 6.45) is 2.62. The lowest BCUT2D eigenvalue weighted by Crippen LogP contribution is -2.20. The summed E-state index contributed by atoms with van der Waals surface area (Å²) in [6, 6.07) is 26.3. The van der Waals surface area contributed by atoms with Crippen LogP contribution >= 0.6 is 0 Å². The van der Waals surface area contributed by atoms with Gasteiger partial charge < -0.3 is 5.53 Å². The summed E-state index contributed by atoms with van der Waals surface area (Å²) < 4.78 is 0.